The van der Waals surface area contributed by atoms with Crippen LogP contribution in [0.3, 0.4) is 0 Å². The van der Waals surface area contributed by atoms with Crippen LogP contribution < -0.4 is 10.6 Å². The fraction of sp³-hybridized carbons (Fsp3) is 0.316. The first-order chi connectivity index (χ1) is 13.1. The number of para-hydroxylation sites is 2. The van der Waals surface area contributed by atoms with Gasteiger partial charge in [-0.2, -0.15) is 10.2 Å². The number of nitrogens with zero attached hydrogens (tertiary/aromatic N) is 4. The molecule has 0 unspecified atom stereocenters. The monoisotopic (exact) mass is 368 g/mol. The Hall–Kier alpha value is -3.13. The number of nitrogens with one attached hydrogen (secondary N) is 2. The van der Waals surface area contributed by atoms with Gasteiger partial charge in [-0.15, -0.1) is 0 Å². The summed E-state index contributed by atoms with van der Waals surface area (Å²) in [6.07, 6.45) is 3.53. The lowest BCUT2D eigenvalue weighted by Gasteiger charge is -2.12. The molecule has 8 heteroatoms. The van der Waals surface area contributed by atoms with Crippen LogP contribution in [0.25, 0.3) is 5.69 Å². The Bertz CT molecular complexity index is 901. The average molecular weight is 368 g/mol. The van der Waals surface area contributed by atoms with Crippen LogP contribution in [0.1, 0.15) is 17.0 Å². The van der Waals surface area contributed by atoms with Crippen molar-refractivity contribution in [1.29, 1.82) is 0 Å². The second-order valence-electron chi connectivity index (χ2n) is 6.14. The van der Waals surface area contributed by atoms with Crippen molar-refractivity contribution in [2.75, 3.05) is 19.0 Å². The first-order valence-electron chi connectivity index (χ1n) is 8.76. The molecular formula is C19H24N6O2. The van der Waals surface area contributed by atoms with E-state index in [2.05, 4.69) is 20.8 Å². The topological polar surface area (TPSA) is 86.0 Å². The standard InChI is InChI=1S/C19H24N6O2/c1-14-16(15(2)24(23-14)11-12-27-3)13-20-19(26)22-17-7-4-5-8-18(17)25-10-6-9-21-25/h4-10H,11-13H2,1-3H3,(H2,20,22,26). The Balaban J connectivity index is 1.66. The predicted octanol–water partition coefficient (Wildman–Crippen LogP) is 2.65. The van der Waals surface area contributed by atoms with Crippen molar-refractivity contribution in [3.05, 3.63) is 59.7 Å². The number of ether oxygens (including phenoxy) is 1. The SMILES string of the molecule is COCCn1nc(C)c(CNC(=O)Nc2ccccc2-n2cccn2)c1C. The summed E-state index contributed by atoms with van der Waals surface area (Å²) < 4.78 is 8.72. The Labute approximate surface area is 158 Å². The van der Waals surface area contributed by atoms with E-state index in [4.69, 9.17) is 4.74 Å². The first-order valence-corrected chi connectivity index (χ1v) is 8.76. The van der Waals surface area contributed by atoms with Gasteiger partial charge >= 0.3 is 6.03 Å². The van der Waals surface area contributed by atoms with Crippen molar-refractivity contribution in [1.82, 2.24) is 24.9 Å². The fourth-order valence-corrected chi connectivity index (χ4v) is 2.91. The third kappa shape index (κ3) is 4.35. The van der Waals surface area contributed by atoms with Gasteiger partial charge in [-0.1, -0.05) is 12.1 Å². The Morgan fingerprint density at radius 3 is 2.78 bits per heavy atom. The molecule has 2 aromatic heterocycles. The van der Waals surface area contributed by atoms with Crippen molar-refractivity contribution < 1.29 is 9.53 Å². The van der Waals surface area contributed by atoms with Gasteiger partial charge in [-0.05, 0) is 32.0 Å². The molecule has 0 aliphatic heterocycles. The largest absolute Gasteiger partial charge is 0.383 e. The molecule has 8 nitrogen and oxygen atoms in total. The number of carbonyl (C=O) groups excluding carboxylic acids is 1. The lowest BCUT2D eigenvalue weighted by atomic mass is 10.2. The van der Waals surface area contributed by atoms with Crippen molar-refractivity contribution in [2.24, 2.45) is 0 Å². The van der Waals surface area contributed by atoms with Gasteiger partial charge in [-0.25, -0.2) is 9.48 Å². The van der Waals surface area contributed by atoms with E-state index in [-0.39, 0.29) is 6.03 Å². The number of anilines is 1. The van der Waals surface area contributed by atoms with E-state index in [1.807, 2.05) is 55.1 Å². The highest BCUT2D eigenvalue weighted by Gasteiger charge is 2.13. The molecule has 0 spiro atoms. The van der Waals surface area contributed by atoms with E-state index in [1.54, 1.807) is 18.0 Å². The lowest BCUT2D eigenvalue weighted by Crippen LogP contribution is -2.29. The number of benzene rings is 1. The zero-order valence-corrected chi connectivity index (χ0v) is 15.8. The van der Waals surface area contributed by atoms with Crippen LogP contribution in [0.5, 0.6) is 0 Å². The van der Waals surface area contributed by atoms with Crippen molar-refractivity contribution in [3.8, 4) is 5.69 Å². The summed E-state index contributed by atoms with van der Waals surface area (Å²) in [4.78, 5) is 12.4. The maximum atomic E-state index is 12.4. The van der Waals surface area contributed by atoms with Crippen molar-refractivity contribution in [2.45, 2.75) is 26.9 Å². The number of amides is 2. The Morgan fingerprint density at radius 2 is 2.04 bits per heavy atom. The van der Waals surface area contributed by atoms with Crippen LogP contribution in [0, 0.1) is 13.8 Å². The minimum atomic E-state index is -0.280. The molecule has 3 aromatic rings. The quantitative estimate of drug-likeness (QED) is 0.671. The second kappa shape index (κ2) is 8.50. The number of methoxy groups -OCH3 is 1. The van der Waals surface area contributed by atoms with Gasteiger partial charge < -0.3 is 15.4 Å². The van der Waals surface area contributed by atoms with E-state index < -0.39 is 0 Å². The lowest BCUT2D eigenvalue weighted by molar-refractivity contribution is 0.182. The van der Waals surface area contributed by atoms with Gasteiger partial charge in [0.1, 0.15) is 0 Å². The molecule has 0 bridgehead atoms. The zero-order chi connectivity index (χ0) is 19.2. The Kier molecular flexibility index (Phi) is 5.87. The summed E-state index contributed by atoms with van der Waals surface area (Å²) in [6, 6.07) is 9.08. The summed E-state index contributed by atoms with van der Waals surface area (Å²) in [7, 11) is 1.67. The summed E-state index contributed by atoms with van der Waals surface area (Å²) in [5.41, 5.74) is 4.43. The zero-order valence-electron chi connectivity index (χ0n) is 15.8. The van der Waals surface area contributed by atoms with Crippen LogP contribution >= 0.6 is 0 Å². The minimum Gasteiger partial charge on any atom is -0.383 e. The summed E-state index contributed by atoms with van der Waals surface area (Å²) in [6.45, 7) is 5.63. The molecule has 3 rings (SSSR count). The number of rotatable bonds is 7. The number of carbonyl (C=O) groups is 1. The van der Waals surface area contributed by atoms with E-state index in [0.29, 0.717) is 25.4 Å². The van der Waals surface area contributed by atoms with Gasteiger partial charge in [0.2, 0.25) is 0 Å². The maximum absolute atomic E-state index is 12.4. The smallest absolute Gasteiger partial charge is 0.319 e. The molecule has 1 aromatic carbocycles. The van der Waals surface area contributed by atoms with E-state index in [9.17, 15) is 4.79 Å². The molecule has 0 saturated heterocycles. The molecule has 0 aliphatic rings. The molecule has 0 fully saturated rings. The highest BCUT2D eigenvalue weighted by Crippen LogP contribution is 2.19. The number of hydrogen-bond acceptors (Lipinski definition) is 4. The van der Waals surface area contributed by atoms with Crippen LogP contribution in [0.15, 0.2) is 42.7 Å². The van der Waals surface area contributed by atoms with Crippen molar-refractivity contribution >= 4 is 11.7 Å². The van der Waals surface area contributed by atoms with Crippen LogP contribution in [-0.4, -0.2) is 39.3 Å². The van der Waals surface area contributed by atoms with E-state index >= 15 is 0 Å². The fourth-order valence-electron chi connectivity index (χ4n) is 2.91. The second-order valence-corrected chi connectivity index (χ2v) is 6.14. The molecule has 0 radical (unpaired) electrons. The highest BCUT2D eigenvalue weighted by molar-refractivity contribution is 5.91. The molecular weight excluding hydrogens is 344 g/mol. The molecule has 0 aliphatic carbocycles. The van der Waals surface area contributed by atoms with Crippen molar-refractivity contribution in [3.63, 3.8) is 0 Å². The average Bonchev–Trinajstić information content (AvgIpc) is 3.28. The molecule has 0 saturated carbocycles. The molecule has 2 heterocycles. The molecule has 2 N–H and O–H groups in total. The summed E-state index contributed by atoms with van der Waals surface area (Å²) in [5, 5.41) is 14.5. The molecule has 27 heavy (non-hydrogen) atoms. The molecule has 2 amide bonds. The summed E-state index contributed by atoms with van der Waals surface area (Å²) in [5.74, 6) is 0. The number of urea groups is 1. The highest BCUT2D eigenvalue weighted by atomic mass is 16.5. The molecule has 0 atom stereocenters. The van der Waals surface area contributed by atoms with E-state index in [0.717, 1.165) is 22.6 Å². The third-order valence-electron chi connectivity index (χ3n) is 4.37. The van der Waals surface area contributed by atoms with E-state index in [1.165, 1.54) is 0 Å². The van der Waals surface area contributed by atoms with Gasteiger partial charge in [0.25, 0.3) is 0 Å². The Morgan fingerprint density at radius 1 is 1.22 bits per heavy atom. The van der Waals surface area contributed by atoms with Gasteiger partial charge in [0.15, 0.2) is 0 Å². The maximum Gasteiger partial charge on any atom is 0.319 e. The predicted molar refractivity (Wildman–Crippen MR) is 103 cm³/mol. The van der Waals surface area contributed by atoms with Crippen LogP contribution in [-0.2, 0) is 17.8 Å². The van der Waals surface area contributed by atoms with Gasteiger partial charge in [0, 0.05) is 37.3 Å². The summed E-state index contributed by atoms with van der Waals surface area (Å²) >= 11 is 0. The number of hydrogen-bond donors (Lipinski definition) is 2. The molecule has 142 valence electrons. The van der Waals surface area contributed by atoms with Gasteiger partial charge in [0.05, 0.1) is 30.2 Å². The number of aromatic nitrogens is 4. The third-order valence-corrected chi connectivity index (χ3v) is 4.37. The minimum absolute atomic E-state index is 0.280. The van der Waals surface area contributed by atoms with Crippen LogP contribution in [0.4, 0.5) is 10.5 Å². The first kappa shape index (κ1) is 18.7. The van der Waals surface area contributed by atoms with Crippen LogP contribution in [0.2, 0.25) is 0 Å². The normalized spacial score (nSPS) is 10.8. The number of aryl methyl sites for hydroxylation is 1. The van der Waals surface area contributed by atoms with Gasteiger partial charge in [-0.3, -0.25) is 4.68 Å².